The normalized spacial score (nSPS) is 16.9. The van der Waals surface area contributed by atoms with Crippen molar-refractivity contribution in [2.24, 2.45) is 0 Å². The average molecular weight is 411 g/mol. The summed E-state index contributed by atoms with van der Waals surface area (Å²) in [5, 5.41) is 0. The zero-order valence-electron chi connectivity index (χ0n) is 16.3. The molecule has 0 N–H and O–H groups in total. The first-order chi connectivity index (χ1) is 14.0. The zero-order chi connectivity index (χ0) is 20.6. The molecule has 0 saturated carbocycles. The largest absolute Gasteiger partial charge is 0.497 e. The molecule has 0 spiro atoms. The van der Waals surface area contributed by atoms with Crippen LogP contribution in [0.25, 0.3) is 0 Å². The van der Waals surface area contributed by atoms with Gasteiger partial charge in [0.25, 0.3) is 10.0 Å². The minimum Gasteiger partial charge on any atom is -0.497 e. The number of nitrogens with zero attached hydrogens (tertiary/aromatic N) is 1. The van der Waals surface area contributed by atoms with E-state index in [1.54, 1.807) is 63.8 Å². The second kappa shape index (κ2) is 7.33. The Balaban J connectivity index is 1.93. The highest BCUT2D eigenvalue weighted by Gasteiger charge is 2.43. The molecule has 0 saturated heterocycles. The Morgan fingerprint density at radius 2 is 1.48 bits per heavy atom. The van der Waals surface area contributed by atoms with E-state index in [1.165, 1.54) is 4.31 Å². The molecule has 1 unspecified atom stereocenters. The third kappa shape index (κ3) is 3.07. The summed E-state index contributed by atoms with van der Waals surface area (Å²) >= 11 is 0. The summed E-state index contributed by atoms with van der Waals surface area (Å²) in [6.07, 6.45) is 0. The third-order valence-electron chi connectivity index (χ3n) is 5.04. The van der Waals surface area contributed by atoms with Crippen LogP contribution in [0.15, 0.2) is 71.6 Å². The van der Waals surface area contributed by atoms with Crippen molar-refractivity contribution < 1.29 is 22.6 Å². The summed E-state index contributed by atoms with van der Waals surface area (Å²) in [7, 11) is 0.966. The maximum atomic E-state index is 13.4. The van der Waals surface area contributed by atoms with Gasteiger partial charge in [-0.2, -0.15) is 0 Å². The Morgan fingerprint density at radius 3 is 2.14 bits per heavy atom. The minimum atomic E-state index is -3.73. The van der Waals surface area contributed by atoms with Crippen LogP contribution in [0, 0.1) is 0 Å². The molecule has 0 aliphatic carbocycles. The van der Waals surface area contributed by atoms with Crippen molar-refractivity contribution >= 4 is 15.7 Å². The van der Waals surface area contributed by atoms with Crippen LogP contribution in [0.1, 0.15) is 17.2 Å². The summed E-state index contributed by atoms with van der Waals surface area (Å²) in [6.45, 7) is 0. The van der Waals surface area contributed by atoms with Crippen molar-refractivity contribution in [1.29, 1.82) is 0 Å². The van der Waals surface area contributed by atoms with E-state index in [2.05, 4.69) is 0 Å². The molecule has 1 aliphatic rings. The van der Waals surface area contributed by atoms with Crippen molar-refractivity contribution in [3.63, 3.8) is 0 Å². The van der Waals surface area contributed by atoms with E-state index in [4.69, 9.17) is 14.2 Å². The molecule has 0 bridgehead atoms. The first-order valence-corrected chi connectivity index (χ1v) is 10.4. The number of benzene rings is 3. The van der Waals surface area contributed by atoms with Crippen LogP contribution in [0.5, 0.6) is 17.2 Å². The molecule has 1 atom stereocenters. The van der Waals surface area contributed by atoms with E-state index in [-0.39, 0.29) is 0 Å². The van der Waals surface area contributed by atoms with Gasteiger partial charge in [0.05, 0.1) is 38.0 Å². The predicted octanol–water partition coefficient (Wildman–Crippen LogP) is 4.01. The van der Waals surface area contributed by atoms with Crippen LogP contribution in [-0.4, -0.2) is 29.7 Å². The second-order valence-electron chi connectivity index (χ2n) is 6.55. The fourth-order valence-corrected chi connectivity index (χ4v) is 5.52. The van der Waals surface area contributed by atoms with Crippen LogP contribution in [0.2, 0.25) is 0 Å². The highest BCUT2D eigenvalue weighted by atomic mass is 32.2. The van der Waals surface area contributed by atoms with Crippen molar-refractivity contribution in [2.75, 3.05) is 25.6 Å². The smallest absolute Gasteiger partial charge is 0.265 e. The second-order valence-corrected chi connectivity index (χ2v) is 8.34. The standard InChI is InChI=1S/C22H21NO5S/c1-26-17-11-9-16(10-12-17)23-22(15-8-13-19(27-2)20(14-15)28-3)18-6-4-5-7-21(18)29(23,24)25/h4-14,22H,1-3H3. The van der Waals surface area contributed by atoms with Gasteiger partial charge in [0, 0.05) is 5.56 Å². The molecule has 0 radical (unpaired) electrons. The maximum Gasteiger partial charge on any atom is 0.265 e. The van der Waals surface area contributed by atoms with Crippen LogP contribution in [-0.2, 0) is 10.0 Å². The lowest BCUT2D eigenvalue weighted by molar-refractivity contribution is 0.354. The van der Waals surface area contributed by atoms with E-state index >= 15 is 0 Å². The maximum absolute atomic E-state index is 13.4. The topological polar surface area (TPSA) is 65.1 Å². The van der Waals surface area contributed by atoms with Gasteiger partial charge in [0.1, 0.15) is 5.75 Å². The van der Waals surface area contributed by atoms with E-state index < -0.39 is 16.1 Å². The number of hydrogen-bond acceptors (Lipinski definition) is 5. The number of hydrogen-bond donors (Lipinski definition) is 0. The van der Waals surface area contributed by atoms with Gasteiger partial charge in [-0.1, -0.05) is 24.3 Å². The summed E-state index contributed by atoms with van der Waals surface area (Å²) in [4.78, 5) is 0.301. The lowest BCUT2D eigenvalue weighted by Crippen LogP contribution is -2.28. The number of anilines is 1. The number of fused-ring (bicyclic) bond motifs is 1. The SMILES string of the molecule is COc1ccc(N2C(c3ccc(OC)c(OC)c3)c3ccccc3S2(=O)=O)cc1. The lowest BCUT2D eigenvalue weighted by Gasteiger charge is -2.26. The van der Waals surface area contributed by atoms with Gasteiger partial charge in [0.2, 0.25) is 0 Å². The van der Waals surface area contributed by atoms with Gasteiger partial charge in [-0.15, -0.1) is 0 Å². The molecule has 0 amide bonds. The molecule has 3 aromatic rings. The Morgan fingerprint density at radius 1 is 0.793 bits per heavy atom. The van der Waals surface area contributed by atoms with Crippen LogP contribution < -0.4 is 18.5 Å². The Bertz CT molecular complexity index is 1140. The number of ether oxygens (including phenoxy) is 3. The molecule has 0 fully saturated rings. The summed E-state index contributed by atoms with van der Waals surface area (Å²) in [6, 6.07) is 19.0. The van der Waals surface area contributed by atoms with Crippen LogP contribution in [0.3, 0.4) is 0 Å². The predicted molar refractivity (Wildman–Crippen MR) is 110 cm³/mol. The summed E-state index contributed by atoms with van der Waals surface area (Å²) in [5.41, 5.74) is 2.06. The molecule has 150 valence electrons. The van der Waals surface area contributed by atoms with E-state index in [0.717, 1.165) is 11.1 Å². The summed E-state index contributed by atoms with van der Waals surface area (Å²) in [5.74, 6) is 1.79. The Hall–Kier alpha value is -3.19. The van der Waals surface area contributed by atoms with Gasteiger partial charge in [-0.3, -0.25) is 4.31 Å². The van der Waals surface area contributed by atoms with E-state index in [0.29, 0.717) is 27.8 Å². The van der Waals surface area contributed by atoms with Crippen molar-refractivity contribution in [3.05, 3.63) is 77.9 Å². The van der Waals surface area contributed by atoms with Gasteiger partial charge >= 0.3 is 0 Å². The van der Waals surface area contributed by atoms with Crippen molar-refractivity contribution in [2.45, 2.75) is 10.9 Å². The molecule has 1 aliphatic heterocycles. The minimum absolute atomic E-state index is 0.301. The van der Waals surface area contributed by atoms with Gasteiger partial charge in [-0.05, 0) is 48.0 Å². The number of methoxy groups -OCH3 is 3. The molecule has 1 heterocycles. The summed E-state index contributed by atoms with van der Waals surface area (Å²) < 4.78 is 44.3. The van der Waals surface area contributed by atoms with Gasteiger partial charge in [-0.25, -0.2) is 8.42 Å². The molecule has 0 aromatic heterocycles. The molecular formula is C22H21NO5S. The average Bonchev–Trinajstić information content (AvgIpc) is 3.00. The molecule has 3 aromatic carbocycles. The Labute approximate surface area is 170 Å². The molecular weight excluding hydrogens is 390 g/mol. The molecule has 4 rings (SSSR count). The van der Waals surface area contributed by atoms with E-state index in [9.17, 15) is 8.42 Å². The molecule has 29 heavy (non-hydrogen) atoms. The van der Waals surface area contributed by atoms with Gasteiger partial charge < -0.3 is 14.2 Å². The fourth-order valence-electron chi connectivity index (χ4n) is 3.67. The Kier molecular flexibility index (Phi) is 4.84. The molecule has 7 heteroatoms. The monoisotopic (exact) mass is 411 g/mol. The third-order valence-corrected chi connectivity index (χ3v) is 6.90. The number of rotatable bonds is 5. The van der Waals surface area contributed by atoms with E-state index in [1.807, 2.05) is 24.3 Å². The first-order valence-electron chi connectivity index (χ1n) is 9.00. The quantitative estimate of drug-likeness (QED) is 0.635. The van der Waals surface area contributed by atoms with Crippen LogP contribution in [0.4, 0.5) is 5.69 Å². The van der Waals surface area contributed by atoms with Crippen molar-refractivity contribution in [1.82, 2.24) is 0 Å². The highest BCUT2D eigenvalue weighted by Crippen LogP contribution is 2.47. The fraction of sp³-hybridized carbons (Fsp3) is 0.182. The van der Waals surface area contributed by atoms with Crippen LogP contribution >= 0.6 is 0 Å². The van der Waals surface area contributed by atoms with Crippen molar-refractivity contribution in [3.8, 4) is 17.2 Å². The highest BCUT2D eigenvalue weighted by molar-refractivity contribution is 7.93. The number of sulfonamides is 1. The lowest BCUT2D eigenvalue weighted by atomic mass is 9.98. The zero-order valence-corrected chi connectivity index (χ0v) is 17.1. The first kappa shape index (κ1) is 19.1. The molecule has 6 nitrogen and oxygen atoms in total. The van der Waals surface area contributed by atoms with Gasteiger partial charge in [0.15, 0.2) is 11.5 Å².